The van der Waals surface area contributed by atoms with Gasteiger partial charge in [-0.3, -0.25) is 37.3 Å². The second-order valence-corrected chi connectivity index (χ2v) is 31.1. The fourth-order valence-corrected chi connectivity index (χ4v) is 13.0. The van der Waals surface area contributed by atoms with Crippen LogP contribution >= 0.6 is 15.6 Å². The van der Waals surface area contributed by atoms with Crippen LogP contribution in [0.5, 0.6) is 0 Å². The monoisotopic (exact) mass is 1380 g/mol. The van der Waals surface area contributed by atoms with Crippen molar-refractivity contribution in [2.75, 3.05) is 39.6 Å². The van der Waals surface area contributed by atoms with Crippen molar-refractivity contribution in [2.45, 2.75) is 401 Å². The molecule has 17 nitrogen and oxygen atoms in total. The van der Waals surface area contributed by atoms with Crippen molar-refractivity contribution in [3.8, 4) is 0 Å². The highest BCUT2D eigenvalue weighted by Crippen LogP contribution is 2.45. The number of ether oxygens (including phenoxy) is 4. The molecule has 0 amide bonds. The highest BCUT2D eigenvalue weighted by atomic mass is 31.2. The van der Waals surface area contributed by atoms with E-state index in [4.69, 9.17) is 37.0 Å². The Bertz CT molecular complexity index is 1840. The first-order valence-electron chi connectivity index (χ1n) is 38.9. The fraction of sp³-hybridized carbons (Fsp3) is 0.947. The maximum Gasteiger partial charge on any atom is 0.472 e. The number of hydrogen-bond acceptors (Lipinski definition) is 15. The van der Waals surface area contributed by atoms with E-state index in [1.165, 1.54) is 186 Å². The summed E-state index contributed by atoms with van der Waals surface area (Å²) in [6.45, 7) is 11.8. The molecule has 558 valence electrons. The molecule has 3 unspecified atom stereocenters. The number of phosphoric acid groups is 2. The standard InChI is InChI=1S/C75H146O17P2/c1-8-10-11-12-13-14-15-16-17-18-22-25-28-34-42-49-56-72(77)85-62-70(91-74(79)58-51-44-35-29-26-23-20-19-21-24-27-33-41-48-55-68(7)9-2)64-89-93(81,82)87-60-69(76)61-88-94(83,84)90-65-71(63-86-73(78)57-50-43-38-37-40-47-54-67(5)6)92-75(80)59-52-45-36-31-30-32-39-46-53-66(3)4/h66-71,76H,8-65H2,1-7H3,(H,81,82)(H,83,84)/t68?,69-,70-,71-/m1/s1. The van der Waals surface area contributed by atoms with Gasteiger partial charge >= 0.3 is 39.5 Å². The van der Waals surface area contributed by atoms with Crippen molar-refractivity contribution in [1.82, 2.24) is 0 Å². The first-order chi connectivity index (χ1) is 45.3. The smallest absolute Gasteiger partial charge is 0.462 e. The van der Waals surface area contributed by atoms with Crippen LogP contribution in [0.1, 0.15) is 382 Å². The molecule has 0 spiro atoms. The van der Waals surface area contributed by atoms with Gasteiger partial charge in [0.1, 0.15) is 19.3 Å². The number of esters is 4. The number of unbranched alkanes of at least 4 members (excludes halogenated alkanes) is 40. The number of aliphatic hydroxyl groups is 1. The van der Waals surface area contributed by atoms with Crippen LogP contribution in [0.25, 0.3) is 0 Å². The van der Waals surface area contributed by atoms with Crippen LogP contribution in [0.4, 0.5) is 0 Å². The van der Waals surface area contributed by atoms with Crippen LogP contribution in [0.15, 0.2) is 0 Å². The summed E-state index contributed by atoms with van der Waals surface area (Å²) in [5.41, 5.74) is 0. The molecular weight excluding hydrogens is 1230 g/mol. The van der Waals surface area contributed by atoms with Crippen molar-refractivity contribution in [3.05, 3.63) is 0 Å². The molecule has 0 radical (unpaired) electrons. The maximum atomic E-state index is 13.1. The van der Waals surface area contributed by atoms with Crippen molar-refractivity contribution < 1.29 is 80.2 Å². The quantitative estimate of drug-likeness (QED) is 0.0222. The normalized spacial score (nSPS) is 14.4. The number of carbonyl (C=O) groups is 4. The third kappa shape index (κ3) is 67.3. The average molecular weight is 1380 g/mol. The van der Waals surface area contributed by atoms with Gasteiger partial charge in [0, 0.05) is 25.7 Å². The molecule has 0 aliphatic carbocycles. The van der Waals surface area contributed by atoms with E-state index in [-0.39, 0.29) is 25.7 Å². The molecule has 0 heterocycles. The molecule has 0 bridgehead atoms. The predicted molar refractivity (Wildman–Crippen MR) is 381 cm³/mol. The highest BCUT2D eigenvalue weighted by molar-refractivity contribution is 7.47. The minimum absolute atomic E-state index is 0.103. The molecule has 3 N–H and O–H groups in total. The summed E-state index contributed by atoms with van der Waals surface area (Å²) in [6.07, 6.45) is 51.5. The summed E-state index contributed by atoms with van der Waals surface area (Å²) in [5.74, 6) is 0.121. The molecule has 6 atom stereocenters. The molecule has 0 fully saturated rings. The first-order valence-corrected chi connectivity index (χ1v) is 41.9. The van der Waals surface area contributed by atoms with Gasteiger partial charge in [0.2, 0.25) is 0 Å². The third-order valence-electron chi connectivity index (χ3n) is 17.7. The van der Waals surface area contributed by atoms with Crippen molar-refractivity contribution >= 4 is 39.5 Å². The summed E-state index contributed by atoms with van der Waals surface area (Å²) in [6, 6.07) is 0. The lowest BCUT2D eigenvalue weighted by Crippen LogP contribution is -2.30. The average Bonchev–Trinajstić information content (AvgIpc) is 1.15. The van der Waals surface area contributed by atoms with E-state index in [1.54, 1.807) is 0 Å². The predicted octanol–water partition coefficient (Wildman–Crippen LogP) is 21.8. The second kappa shape index (κ2) is 65.7. The van der Waals surface area contributed by atoms with Crippen LogP contribution in [-0.4, -0.2) is 96.7 Å². The summed E-state index contributed by atoms with van der Waals surface area (Å²) in [5, 5.41) is 10.6. The zero-order chi connectivity index (χ0) is 69.4. The molecule has 94 heavy (non-hydrogen) atoms. The van der Waals surface area contributed by atoms with E-state index in [1.807, 2.05) is 0 Å². The van der Waals surface area contributed by atoms with Gasteiger partial charge in [-0.15, -0.1) is 0 Å². The molecule has 0 aliphatic heterocycles. The van der Waals surface area contributed by atoms with Crippen molar-refractivity contribution in [3.63, 3.8) is 0 Å². The molecule has 0 aromatic carbocycles. The Kier molecular flexibility index (Phi) is 64.3. The Labute approximate surface area is 575 Å². The fourth-order valence-electron chi connectivity index (χ4n) is 11.4. The van der Waals surface area contributed by atoms with Gasteiger partial charge in [0.25, 0.3) is 0 Å². The summed E-state index contributed by atoms with van der Waals surface area (Å²) >= 11 is 0. The van der Waals surface area contributed by atoms with Crippen LogP contribution in [0.2, 0.25) is 0 Å². The van der Waals surface area contributed by atoms with Gasteiger partial charge < -0.3 is 33.8 Å². The maximum absolute atomic E-state index is 13.1. The van der Waals surface area contributed by atoms with Gasteiger partial charge in [-0.25, -0.2) is 9.13 Å². The van der Waals surface area contributed by atoms with E-state index in [9.17, 15) is 43.2 Å². The van der Waals surface area contributed by atoms with E-state index >= 15 is 0 Å². The second-order valence-electron chi connectivity index (χ2n) is 28.2. The minimum atomic E-state index is -4.96. The Morgan fingerprint density at radius 2 is 0.543 bits per heavy atom. The lowest BCUT2D eigenvalue weighted by Gasteiger charge is -2.21. The zero-order valence-electron chi connectivity index (χ0n) is 61.4. The lowest BCUT2D eigenvalue weighted by atomic mass is 9.99. The number of rotatable bonds is 73. The third-order valence-corrected chi connectivity index (χ3v) is 19.6. The Morgan fingerprint density at radius 1 is 0.309 bits per heavy atom. The van der Waals surface area contributed by atoms with E-state index in [0.717, 1.165) is 108 Å². The van der Waals surface area contributed by atoms with Gasteiger partial charge in [0.05, 0.1) is 26.4 Å². The Morgan fingerprint density at radius 3 is 0.809 bits per heavy atom. The van der Waals surface area contributed by atoms with E-state index < -0.39 is 97.5 Å². The molecule has 0 saturated heterocycles. The van der Waals surface area contributed by atoms with Crippen LogP contribution < -0.4 is 0 Å². The first kappa shape index (κ1) is 92.1. The number of hydrogen-bond donors (Lipinski definition) is 3. The largest absolute Gasteiger partial charge is 0.472 e. The summed E-state index contributed by atoms with van der Waals surface area (Å²) in [7, 11) is -9.91. The van der Waals surface area contributed by atoms with Crippen LogP contribution in [-0.2, 0) is 65.4 Å². The van der Waals surface area contributed by atoms with Crippen LogP contribution in [0.3, 0.4) is 0 Å². The van der Waals surface area contributed by atoms with Gasteiger partial charge in [-0.05, 0) is 43.4 Å². The number of aliphatic hydroxyl groups excluding tert-OH is 1. The molecule has 0 aliphatic rings. The van der Waals surface area contributed by atoms with Crippen LogP contribution in [0, 0.1) is 17.8 Å². The van der Waals surface area contributed by atoms with Gasteiger partial charge in [-0.2, -0.15) is 0 Å². The number of phosphoric ester groups is 2. The molecule has 0 aromatic rings. The van der Waals surface area contributed by atoms with E-state index in [2.05, 4.69) is 48.5 Å². The van der Waals surface area contributed by atoms with Gasteiger partial charge in [0.15, 0.2) is 12.2 Å². The topological polar surface area (TPSA) is 237 Å². The molecule has 0 aromatic heterocycles. The molecule has 19 heteroatoms. The molecular formula is C75H146O17P2. The number of carbonyl (C=O) groups excluding carboxylic acids is 4. The Balaban J connectivity index is 5.23. The van der Waals surface area contributed by atoms with E-state index in [0.29, 0.717) is 31.6 Å². The molecule has 0 rings (SSSR count). The summed E-state index contributed by atoms with van der Waals surface area (Å²) in [4.78, 5) is 72.7. The van der Waals surface area contributed by atoms with Gasteiger partial charge in [-0.1, -0.05) is 331 Å². The molecule has 0 saturated carbocycles. The van der Waals surface area contributed by atoms with Crippen molar-refractivity contribution in [2.24, 2.45) is 17.8 Å². The zero-order valence-corrected chi connectivity index (χ0v) is 63.2. The summed E-state index contributed by atoms with van der Waals surface area (Å²) < 4.78 is 68.4. The SMILES string of the molecule is CCCCCCCCCCCCCCCCCCC(=O)OC[C@H](COP(=O)(O)OC[C@@H](O)COP(=O)(O)OC[C@@H](COC(=O)CCCCCCCCC(C)C)OC(=O)CCCCCCCCCCC(C)C)OC(=O)CCCCCCCCCCCCCCCCC(C)CC. The lowest BCUT2D eigenvalue weighted by molar-refractivity contribution is -0.161. The van der Waals surface area contributed by atoms with Crippen molar-refractivity contribution in [1.29, 1.82) is 0 Å². The minimum Gasteiger partial charge on any atom is -0.462 e. The Hall–Kier alpha value is -1.94. The highest BCUT2D eigenvalue weighted by Gasteiger charge is 2.30.